The normalized spacial score (nSPS) is 13.3. The summed E-state index contributed by atoms with van der Waals surface area (Å²) in [7, 11) is 1.00. The van der Waals surface area contributed by atoms with Gasteiger partial charge in [-0.1, -0.05) is 6.58 Å². The number of hydrogen-bond acceptors (Lipinski definition) is 3. The lowest BCUT2D eigenvalue weighted by atomic mass is 10.4. The predicted molar refractivity (Wildman–Crippen MR) is 44.5 cm³/mol. The van der Waals surface area contributed by atoms with Crippen molar-refractivity contribution < 1.29 is 14.6 Å². The van der Waals surface area contributed by atoms with E-state index in [1.807, 2.05) is 0 Å². The Morgan fingerprint density at radius 1 is 1.36 bits per heavy atom. The van der Waals surface area contributed by atoms with E-state index < -0.39 is 0 Å². The largest absolute Gasteiger partial charge is 0.400 e. The van der Waals surface area contributed by atoms with Crippen LogP contribution in [0.1, 0.15) is 12.8 Å². The Bertz CT molecular complexity index is 63.8. The van der Waals surface area contributed by atoms with Gasteiger partial charge in [0.2, 0.25) is 0 Å². The zero-order chi connectivity index (χ0) is 8.95. The molecule has 0 saturated carbocycles. The molecule has 0 atom stereocenters. The van der Waals surface area contributed by atoms with E-state index in [2.05, 4.69) is 6.58 Å². The number of aliphatic hydroxyl groups excluding tert-OH is 1. The van der Waals surface area contributed by atoms with Crippen LogP contribution in [0.3, 0.4) is 0 Å². The number of allylic oxidation sites excluding steroid dienone is 1. The number of aldehydes is 1. The topological polar surface area (TPSA) is 46.5 Å². The van der Waals surface area contributed by atoms with E-state index in [9.17, 15) is 0 Å². The number of rotatable bonds is 1. The molecule has 1 rings (SSSR count). The molecule has 3 nitrogen and oxygen atoms in total. The summed E-state index contributed by atoms with van der Waals surface area (Å²) in [4.78, 5) is 9.06. The van der Waals surface area contributed by atoms with Crippen molar-refractivity contribution in [3.8, 4) is 0 Å². The molecule has 0 bridgehead atoms. The highest BCUT2D eigenvalue weighted by Gasteiger charge is 1.94. The molecule has 0 unspecified atom stereocenters. The number of ether oxygens (including phenoxy) is 1. The smallest absolute Gasteiger partial charge is 0.142 e. The lowest BCUT2D eigenvalue weighted by Gasteiger charge is -1.76. The zero-order valence-electron chi connectivity index (χ0n) is 6.95. The van der Waals surface area contributed by atoms with Crippen LogP contribution in [-0.2, 0) is 9.53 Å². The van der Waals surface area contributed by atoms with E-state index in [1.54, 1.807) is 0 Å². The molecule has 11 heavy (non-hydrogen) atoms. The van der Waals surface area contributed by atoms with Gasteiger partial charge in [0.05, 0.1) is 0 Å². The van der Waals surface area contributed by atoms with Crippen LogP contribution >= 0.6 is 0 Å². The highest BCUT2D eigenvalue weighted by molar-refractivity contribution is 5.63. The Morgan fingerprint density at radius 2 is 1.73 bits per heavy atom. The van der Waals surface area contributed by atoms with Gasteiger partial charge in [-0.15, -0.1) is 0 Å². The molecule has 1 heterocycles. The van der Waals surface area contributed by atoms with Crippen LogP contribution in [0.4, 0.5) is 0 Å². The fourth-order valence-corrected chi connectivity index (χ4v) is 0.510. The Morgan fingerprint density at radius 3 is 1.82 bits per heavy atom. The molecule has 0 radical (unpaired) electrons. The van der Waals surface area contributed by atoms with E-state index in [0.717, 1.165) is 20.3 Å². The average Bonchev–Trinajstić information content (AvgIpc) is 2.65. The van der Waals surface area contributed by atoms with Crippen molar-refractivity contribution in [3.63, 3.8) is 0 Å². The second kappa shape index (κ2) is 16.2. The maximum atomic E-state index is 9.06. The van der Waals surface area contributed by atoms with Crippen molar-refractivity contribution in [2.75, 3.05) is 20.3 Å². The van der Waals surface area contributed by atoms with Gasteiger partial charge in [0.15, 0.2) is 0 Å². The number of carbonyl (C=O) groups excluding carboxylic acids is 1. The molecule has 1 fully saturated rings. The van der Waals surface area contributed by atoms with Gasteiger partial charge in [0.25, 0.3) is 0 Å². The monoisotopic (exact) mass is 160 g/mol. The third-order valence-corrected chi connectivity index (χ3v) is 0.924. The third kappa shape index (κ3) is 17.6. The molecule has 0 spiro atoms. The second-order valence-corrected chi connectivity index (χ2v) is 1.69. The summed E-state index contributed by atoms with van der Waals surface area (Å²) < 4.78 is 4.94. The fourth-order valence-electron chi connectivity index (χ4n) is 0.510. The molecule has 66 valence electrons. The van der Waals surface area contributed by atoms with Crippen LogP contribution < -0.4 is 0 Å². The average molecular weight is 160 g/mol. The summed E-state index contributed by atoms with van der Waals surface area (Å²) in [5.41, 5.74) is 0. The first-order valence-electron chi connectivity index (χ1n) is 3.50. The third-order valence-electron chi connectivity index (χ3n) is 0.924. The molecule has 3 heteroatoms. The van der Waals surface area contributed by atoms with Crippen LogP contribution in [0.25, 0.3) is 0 Å². The van der Waals surface area contributed by atoms with Gasteiger partial charge in [-0.3, -0.25) is 4.79 Å². The molecular weight excluding hydrogens is 144 g/mol. The summed E-state index contributed by atoms with van der Waals surface area (Å²) in [6.07, 6.45) is 4.39. The van der Waals surface area contributed by atoms with Gasteiger partial charge >= 0.3 is 0 Å². The van der Waals surface area contributed by atoms with Crippen molar-refractivity contribution in [3.05, 3.63) is 12.7 Å². The Balaban J connectivity index is 0. The summed E-state index contributed by atoms with van der Waals surface area (Å²) in [6.45, 7) is 5.11. The van der Waals surface area contributed by atoms with E-state index in [1.165, 1.54) is 18.9 Å². The molecule has 0 aliphatic carbocycles. The Hall–Kier alpha value is -0.670. The quantitative estimate of drug-likeness (QED) is 0.455. The lowest BCUT2D eigenvalue weighted by Crippen LogP contribution is -1.74. The minimum atomic E-state index is 0.639. The number of aliphatic hydroxyl groups is 1. The summed E-state index contributed by atoms with van der Waals surface area (Å²) in [6, 6.07) is 0. The van der Waals surface area contributed by atoms with Crippen LogP contribution in [0.2, 0.25) is 0 Å². The van der Waals surface area contributed by atoms with E-state index >= 15 is 0 Å². The molecule has 0 aromatic carbocycles. The Labute approximate surface area is 67.7 Å². The molecule has 0 aromatic rings. The molecule has 1 saturated heterocycles. The lowest BCUT2D eigenvalue weighted by molar-refractivity contribution is -0.104. The SMILES string of the molecule is C1CCOC1.C=CC=O.CO. The van der Waals surface area contributed by atoms with Crippen LogP contribution in [0.5, 0.6) is 0 Å². The standard InChI is InChI=1S/C4H8O.C3H4O.CH4O/c1-2-4-5-3-1;1-2-3-4;1-2/h1-4H2;2-3H,1H2;2H,1H3. The van der Waals surface area contributed by atoms with Gasteiger partial charge in [0.1, 0.15) is 6.29 Å². The molecule has 1 N–H and O–H groups in total. The summed E-state index contributed by atoms with van der Waals surface area (Å²) in [5.74, 6) is 0. The van der Waals surface area contributed by atoms with Crippen molar-refractivity contribution in [1.82, 2.24) is 0 Å². The maximum Gasteiger partial charge on any atom is 0.142 e. The minimum absolute atomic E-state index is 0.639. The van der Waals surface area contributed by atoms with Gasteiger partial charge in [-0.05, 0) is 18.9 Å². The van der Waals surface area contributed by atoms with Crippen molar-refractivity contribution in [1.29, 1.82) is 0 Å². The predicted octanol–water partition coefficient (Wildman–Crippen LogP) is 0.777. The second-order valence-electron chi connectivity index (χ2n) is 1.69. The maximum absolute atomic E-state index is 9.06. The van der Waals surface area contributed by atoms with Gasteiger partial charge in [-0.2, -0.15) is 0 Å². The zero-order valence-corrected chi connectivity index (χ0v) is 6.95. The molecule has 0 amide bonds. The molecule has 1 aliphatic rings. The first-order valence-corrected chi connectivity index (χ1v) is 3.50. The number of carbonyl (C=O) groups is 1. The minimum Gasteiger partial charge on any atom is -0.400 e. The van der Waals surface area contributed by atoms with Gasteiger partial charge < -0.3 is 9.84 Å². The van der Waals surface area contributed by atoms with E-state index in [-0.39, 0.29) is 0 Å². The highest BCUT2D eigenvalue weighted by Crippen LogP contribution is 1.98. The number of hydrogen-bond donors (Lipinski definition) is 1. The highest BCUT2D eigenvalue weighted by atomic mass is 16.5. The van der Waals surface area contributed by atoms with Gasteiger partial charge in [0, 0.05) is 20.3 Å². The first kappa shape index (κ1) is 13.0. The van der Waals surface area contributed by atoms with Crippen LogP contribution in [0.15, 0.2) is 12.7 Å². The molecule has 1 aliphatic heterocycles. The van der Waals surface area contributed by atoms with Crippen LogP contribution in [0, 0.1) is 0 Å². The Kier molecular flexibility index (Phi) is 19.0. The van der Waals surface area contributed by atoms with E-state index in [4.69, 9.17) is 14.6 Å². The van der Waals surface area contributed by atoms with E-state index in [0.29, 0.717) is 6.29 Å². The summed E-state index contributed by atoms with van der Waals surface area (Å²) in [5, 5.41) is 7.00. The molecular formula is C8H16O3. The van der Waals surface area contributed by atoms with Gasteiger partial charge in [-0.25, -0.2) is 0 Å². The first-order chi connectivity index (χ1) is 5.41. The fraction of sp³-hybridized carbons (Fsp3) is 0.625. The van der Waals surface area contributed by atoms with Crippen molar-refractivity contribution in [2.24, 2.45) is 0 Å². The van der Waals surface area contributed by atoms with Crippen molar-refractivity contribution in [2.45, 2.75) is 12.8 Å². The summed E-state index contributed by atoms with van der Waals surface area (Å²) >= 11 is 0. The van der Waals surface area contributed by atoms with Crippen LogP contribution in [-0.4, -0.2) is 31.7 Å². The van der Waals surface area contributed by atoms with Crippen molar-refractivity contribution >= 4 is 6.29 Å². The molecule has 0 aromatic heterocycles.